The topological polar surface area (TPSA) is 29.5 Å². The number of alkyl halides is 2. The van der Waals surface area contributed by atoms with Crippen LogP contribution in [0.2, 0.25) is 0 Å². The third kappa shape index (κ3) is 3.43. The average Bonchev–Trinajstić information content (AvgIpc) is 2.09. The van der Waals surface area contributed by atoms with Gasteiger partial charge in [0.25, 0.3) is 0 Å². The second-order valence-corrected chi connectivity index (χ2v) is 6.75. The molecule has 0 amide bonds. The number of hydrogen-bond acceptors (Lipinski definition) is 2. The molecule has 1 heterocycles. The maximum atomic E-state index is 9.91. The molecule has 15 heavy (non-hydrogen) atoms. The van der Waals surface area contributed by atoms with Gasteiger partial charge in [-0.05, 0) is 25.3 Å². The van der Waals surface area contributed by atoms with Gasteiger partial charge >= 0.3 is 0 Å². The summed E-state index contributed by atoms with van der Waals surface area (Å²) in [5, 5.41) is 9.91. The van der Waals surface area contributed by atoms with Crippen molar-refractivity contribution in [2.24, 2.45) is 0 Å². The molecule has 0 aromatic carbocycles. The van der Waals surface area contributed by atoms with Gasteiger partial charge in [-0.2, -0.15) is 0 Å². The summed E-state index contributed by atoms with van der Waals surface area (Å²) in [6.07, 6.45) is 2.43. The van der Waals surface area contributed by atoms with E-state index in [0.717, 1.165) is 0 Å². The quantitative estimate of drug-likeness (QED) is 0.765. The van der Waals surface area contributed by atoms with Gasteiger partial charge in [-0.25, -0.2) is 0 Å². The third-order valence-electron chi connectivity index (χ3n) is 2.69. The lowest BCUT2D eigenvalue weighted by Gasteiger charge is -2.42. The van der Waals surface area contributed by atoms with Crippen LogP contribution in [0.25, 0.3) is 0 Å². The zero-order chi connectivity index (χ0) is 11.7. The third-order valence-corrected chi connectivity index (χ3v) is 4.68. The molecular formula is C10H15Br2ClO2. The molecule has 1 fully saturated rings. The van der Waals surface area contributed by atoms with Crippen molar-refractivity contribution in [3.63, 3.8) is 0 Å². The Morgan fingerprint density at radius 1 is 1.67 bits per heavy atom. The predicted octanol–water partition coefficient (Wildman–Crippen LogP) is 3.20. The smallest absolute Gasteiger partial charge is 0.0977 e. The van der Waals surface area contributed by atoms with Crippen LogP contribution in [0.1, 0.15) is 20.3 Å². The fourth-order valence-electron chi connectivity index (χ4n) is 1.49. The van der Waals surface area contributed by atoms with Gasteiger partial charge < -0.3 is 9.84 Å². The number of hydrogen-bond donors (Lipinski definition) is 1. The summed E-state index contributed by atoms with van der Waals surface area (Å²) >= 11 is 13.0. The normalized spacial score (nSPS) is 41.7. The van der Waals surface area contributed by atoms with Crippen molar-refractivity contribution < 1.29 is 9.84 Å². The Morgan fingerprint density at radius 3 is 2.73 bits per heavy atom. The van der Waals surface area contributed by atoms with E-state index in [1.54, 1.807) is 11.9 Å². The van der Waals surface area contributed by atoms with Crippen LogP contribution in [-0.2, 0) is 4.74 Å². The highest BCUT2D eigenvalue weighted by Crippen LogP contribution is 2.36. The second kappa shape index (κ2) is 5.05. The molecule has 2 nitrogen and oxygen atoms in total. The molecule has 88 valence electrons. The fraction of sp³-hybridized carbons (Fsp3) is 0.800. The standard InChI is InChI=1S/C10H15Br2ClO2/c1-9(13,3-4-11)8-5-7(12)10(2,14)6-15-8/h3-4,7-8,14H,5-6H2,1-2H3. The molecular weight excluding hydrogens is 347 g/mol. The van der Waals surface area contributed by atoms with Crippen LogP contribution in [0, 0.1) is 0 Å². The summed E-state index contributed by atoms with van der Waals surface area (Å²) in [7, 11) is 0. The summed E-state index contributed by atoms with van der Waals surface area (Å²) in [6.45, 7) is 3.96. The molecule has 0 bridgehead atoms. The first-order valence-corrected chi connectivity index (χ1v) is 6.95. The summed E-state index contributed by atoms with van der Waals surface area (Å²) in [5.74, 6) is 0. The summed E-state index contributed by atoms with van der Waals surface area (Å²) < 4.78 is 5.60. The Bertz CT molecular complexity index is 254. The van der Waals surface area contributed by atoms with Crippen molar-refractivity contribution >= 4 is 43.5 Å². The molecule has 4 unspecified atom stereocenters. The monoisotopic (exact) mass is 360 g/mol. The van der Waals surface area contributed by atoms with E-state index in [2.05, 4.69) is 31.9 Å². The molecule has 4 atom stereocenters. The van der Waals surface area contributed by atoms with E-state index in [-0.39, 0.29) is 10.9 Å². The fourth-order valence-corrected chi connectivity index (χ4v) is 2.88. The highest BCUT2D eigenvalue weighted by atomic mass is 79.9. The molecule has 1 aliphatic heterocycles. The van der Waals surface area contributed by atoms with E-state index in [4.69, 9.17) is 16.3 Å². The first-order chi connectivity index (χ1) is 6.79. The minimum absolute atomic E-state index is 0.00514. The van der Waals surface area contributed by atoms with E-state index in [9.17, 15) is 5.11 Å². The molecule has 0 spiro atoms. The van der Waals surface area contributed by atoms with Crippen molar-refractivity contribution in [2.75, 3.05) is 6.61 Å². The first-order valence-electron chi connectivity index (χ1n) is 4.74. The minimum atomic E-state index is -0.818. The van der Waals surface area contributed by atoms with Gasteiger partial charge in [0, 0.05) is 4.83 Å². The van der Waals surface area contributed by atoms with Crippen molar-refractivity contribution in [1.82, 2.24) is 0 Å². The molecule has 1 saturated heterocycles. The van der Waals surface area contributed by atoms with E-state index in [0.29, 0.717) is 13.0 Å². The summed E-state index contributed by atoms with van der Waals surface area (Å²) in [5.41, 5.74) is -0.818. The summed E-state index contributed by atoms with van der Waals surface area (Å²) in [6, 6.07) is 0. The molecule has 0 aromatic heterocycles. The van der Waals surface area contributed by atoms with Gasteiger partial charge in [0.15, 0.2) is 0 Å². The van der Waals surface area contributed by atoms with Gasteiger partial charge in [0.05, 0.1) is 23.2 Å². The van der Waals surface area contributed by atoms with Gasteiger partial charge in [-0.15, -0.1) is 11.6 Å². The van der Waals surface area contributed by atoms with E-state index < -0.39 is 10.5 Å². The molecule has 1 N–H and O–H groups in total. The van der Waals surface area contributed by atoms with Crippen LogP contribution in [0.15, 0.2) is 11.1 Å². The zero-order valence-electron chi connectivity index (χ0n) is 8.71. The number of rotatable bonds is 2. The molecule has 1 aliphatic rings. The van der Waals surface area contributed by atoms with Crippen molar-refractivity contribution in [3.05, 3.63) is 11.1 Å². The van der Waals surface area contributed by atoms with Gasteiger partial charge in [-0.3, -0.25) is 0 Å². The zero-order valence-corrected chi connectivity index (χ0v) is 12.6. The SMILES string of the molecule is CC(Cl)(C=CBr)C1CC(Br)C(C)(O)CO1. The molecule has 0 radical (unpaired) electrons. The molecule has 0 saturated carbocycles. The van der Waals surface area contributed by atoms with E-state index in [1.807, 2.05) is 13.0 Å². The predicted molar refractivity (Wildman–Crippen MR) is 70.0 cm³/mol. The lowest BCUT2D eigenvalue weighted by molar-refractivity contribution is -0.108. The molecule has 5 heteroatoms. The van der Waals surface area contributed by atoms with Crippen LogP contribution in [0.5, 0.6) is 0 Å². The summed E-state index contributed by atoms with van der Waals surface area (Å²) in [4.78, 5) is 1.19. The lowest BCUT2D eigenvalue weighted by Crippen LogP contribution is -2.52. The van der Waals surface area contributed by atoms with E-state index >= 15 is 0 Å². The second-order valence-electron chi connectivity index (χ2n) is 4.30. The highest BCUT2D eigenvalue weighted by molar-refractivity contribution is 9.11. The number of ether oxygens (including phenoxy) is 1. The van der Waals surface area contributed by atoms with E-state index in [1.165, 1.54) is 0 Å². The lowest BCUT2D eigenvalue weighted by atomic mass is 9.90. The van der Waals surface area contributed by atoms with Crippen molar-refractivity contribution in [1.29, 1.82) is 0 Å². The molecule has 0 aromatic rings. The maximum Gasteiger partial charge on any atom is 0.0977 e. The van der Waals surface area contributed by atoms with Crippen LogP contribution in [-0.4, -0.2) is 33.1 Å². The molecule has 0 aliphatic carbocycles. The van der Waals surface area contributed by atoms with Gasteiger partial charge in [0.1, 0.15) is 0 Å². The Labute approximate surface area is 112 Å². The van der Waals surface area contributed by atoms with Gasteiger partial charge in [-0.1, -0.05) is 37.9 Å². The number of aliphatic hydroxyl groups is 1. The maximum absolute atomic E-state index is 9.91. The van der Waals surface area contributed by atoms with Crippen molar-refractivity contribution in [2.45, 2.75) is 41.7 Å². The van der Waals surface area contributed by atoms with Crippen LogP contribution >= 0.6 is 43.5 Å². The average molecular weight is 362 g/mol. The first kappa shape index (κ1) is 14.0. The van der Waals surface area contributed by atoms with Crippen LogP contribution in [0.4, 0.5) is 0 Å². The Kier molecular flexibility index (Phi) is 4.70. The van der Waals surface area contributed by atoms with Gasteiger partial charge in [0.2, 0.25) is 0 Å². The Balaban J connectivity index is 2.69. The largest absolute Gasteiger partial charge is 0.387 e. The van der Waals surface area contributed by atoms with Crippen molar-refractivity contribution in [3.8, 4) is 0 Å². The minimum Gasteiger partial charge on any atom is -0.387 e. The Morgan fingerprint density at radius 2 is 2.27 bits per heavy atom. The molecule has 1 rings (SSSR count). The van der Waals surface area contributed by atoms with Crippen LogP contribution in [0.3, 0.4) is 0 Å². The Hall–Kier alpha value is 0.910. The van der Waals surface area contributed by atoms with Crippen LogP contribution < -0.4 is 0 Å². The number of halogens is 3. The highest BCUT2D eigenvalue weighted by Gasteiger charge is 2.43.